The molecule has 26 heavy (non-hydrogen) atoms. The van der Waals surface area contributed by atoms with Crippen LogP contribution < -0.4 is 10.1 Å². The number of nitrogens with one attached hydrogen (secondary N) is 1. The largest absolute Gasteiger partial charge is 0.481 e. The number of nitrogens with zero attached hydrogens (tertiary/aromatic N) is 4. The highest BCUT2D eigenvalue weighted by molar-refractivity contribution is 5.98. The summed E-state index contributed by atoms with van der Waals surface area (Å²) >= 11 is 0. The maximum Gasteiger partial charge on any atom is 0.256 e. The predicted molar refractivity (Wildman–Crippen MR) is 94.6 cm³/mol. The zero-order valence-corrected chi connectivity index (χ0v) is 15.2. The van der Waals surface area contributed by atoms with Crippen molar-refractivity contribution in [3.8, 4) is 5.88 Å². The van der Waals surface area contributed by atoms with Gasteiger partial charge in [0.05, 0.1) is 24.9 Å². The third kappa shape index (κ3) is 3.26. The van der Waals surface area contributed by atoms with E-state index in [9.17, 15) is 9.59 Å². The molecule has 0 unspecified atom stereocenters. The van der Waals surface area contributed by atoms with E-state index in [-0.39, 0.29) is 24.4 Å². The molecule has 3 heterocycles. The minimum absolute atomic E-state index is 0.0341. The van der Waals surface area contributed by atoms with Gasteiger partial charge >= 0.3 is 0 Å². The van der Waals surface area contributed by atoms with E-state index in [4.69, 9.17) is 4.74 Å². The Bertz CT molecular complexity index is 803. The van der Waals surface area contributed by atoms with Crippen molar-refractivity contribution in [2.45, 2.75) is 39.4 Å². The summed E-state index contributed by atoms with van der Waals surface area (Å²) in [7, 11) is 1.53. The van der Waals surface area contributed by atoms with Crippen LogP contribution in [0.5, 0.6) is 5.88 Å². The van der Waals surface area contributed by atoms with Gasteiger partial charge in [0.25, 0.3) is 5.91 Å². The van der Waals surface area contributed by atoms with E-state index in [0.29, 0.717) is 42.2 Å². The van der Waals surface area contributed by atoms with Crippen LogP contribution in [0.2, 0.25) is 0 Å². The van der Waals surface area contributed by atoms with Crippen LogP contribution in [0.3, 0.4) is 0 Å². The Morgan fingerprint density at radius 1 is 1.42 bits per heavy atom. The minimum atomic E-state index is -0.379. The fraction of sp³-hybridized carbons (Fsp3) is 0.444. The summed E-state index contributed by atoms with van der Waals surface area (Å²) in [6, 6.07) is 3.18. The Morgan fingerprint density at radius 2 is 2.23 bits per heavy atom. The van der Waals surface area contributed by atoms with Crippen LogP contribution in [-0.2, 0) is 17.9 Å². The summed E-state index contributed by atoms with van der Waals surface area (Å²) in [5.41, 5.74) is 1.98. The number of hydrogen-bond acceptors (Lipinski definition) is 5. The number of pyridine rings is 1. The molecule has 2 aromatic heterocycles. The van der Waals surface area contributed by atoms with Crippen LogP contribution in [0.25, 0.3) is 0 Å². The van der Waals surface area contributed by atoms with Crippen LogP contribution in [0.4, 0.5) is 0 Å². The first-order valence-electron chi connectivity index (χ1n) is 8.71. The van der Waals surface area contributed by atoms with E-state index in [1.165, 1.54) is 7.11 Å². The Morgan fingerprint density at radius 3 is 2.85 bits per heavy atom. The maximum absolute atomic E-state index is 12.5. The fourth-order valence-electron chi connectivity index (χ4n) is 3.12. The van der Waals surface area contributed by atoms with Gasteiger partial charge in [0.1, 0.15) is 6.04 Å². The van der Waals surface area contributed by atoms with E-state index in [1.807, 2.05) is 13.8 Å². The van der Waals surface area contributed by atoms with E-state index >= 15 is 0 Å². The topological polar surface area (TPSA) is 89.4 Å². The third-order valence-corrected chi connectivity index (χ3v) is 4.56. The number of fused-ring (bicyclic) bond motifs is 1. The molecule has 0 saturated heterocycles. The van der Waals surface area contributed by atoms with Gasteiger partial charge in [-0.2, -0.15) is 5.10 Å². The summed E-state index contributed by atoms with van der Waals surface area (Å²) < 4.78 is 6.99. The van der Waals surface area contributed by atoms with Gasteiger partial charge in [-0.3, -0.25) is 14.3 Å². The normalized spacial score (nSPS) is 14.3. The average molecular weight is 357 g/mol. The van der Waals surface area contributed by atoms with Crippen LogP contribution in [0.1, 0.15) is 47.9 Å². The molecule has 0 radical (unpaired) electrons. The maximum atomic E-state index is 12.5. The summed E-state index contributed by atoms with van der Waals surface area (Å²) in [6.07, 6.45) is 4.04. The van der Waals surface area contributed by atoms with E-state index < -0.39 is 0 Å². The minimum Gasteiger partial charge on any atom is -0.481 e. The molecule has 1 aliphatic heterocycles. The number of aromatic nitrogens is 3. The second-order valence-electron chi connectivity index (χ2n) is 6.10. The van der Waals surface area contributed by atoms with E-state index in [1.54, 1.807) is 34.1 Å². The lowest BCUT2D eigenvalue weighted by Crippen LogP contribution is -2.32. The SMILES string of the molecule is CC[C@H](C(=O)NCc1cc2c(nc1OC)CN(CC)C2=O)n1cccn1. The quantitative estimate of drug-likeness (QED) is 0.812. The molecule has 8 nitrogen and oxygen atoms in total. The van der Waals surface area contributed by atoms with Crippen LogP contribution in [-0.4, -0.2) is 45.1 Å². The molecule has 2 aromatic rings. The average Bonchev–Trinajstić information content (AvgIpc) is 3.28. The molecule has 0 fully saturated rings. The van der Waals surface area contributed by atoms with Gasteiger partial charge in [0, 0.05) is 31.0 Å². The lowest BCUT2D eigenvalue weighted by molar-refractivity contribution is -0.124. The Kier molecular flexibility index (Phi) is 5.20. The lowest BCUT2D eigenvalue weighted by atomic mass is 10.1. The van der Waals surface area contributed by atoms with Crippen molar-refractivity contribution in [1.29, 1.82) is 0 Å². The molecule has 138 valence electrons. The molecule has 0 aromatic carbocycles. The zero-order chi connectivity index (χ0) is 18.7. The van der Waals surface area contributed by atoms with Crippen molar-refractivity contribution in [3.05, 3.63) is 41.3 Å². The summed E-state index contributed by atoms with van der Waals surface area (Å²) in [5, 5.41) is 7.04. The smallest absolute Gasteiger partial charge is 0.256 e. The van der Waals surface area contributed by atoms with E-state index in [2.05, 4.69) is 15.4 Å². The van der Waals surface area contributed by atoms with Crippen LogP contribution in [0, 0.1) is 0 Å². The highest BCUT2D eigenvalue weighted by Crippen LogP contribution is 2.27. The van der Waals surface area contributed by atoms with Crippen molar-refractivity contribution >= 4 is 11.8 Å². The fourth-order valence-corrected chi connectivity index (χ4v) is 3.12. The van der Waals surface area contributed by atoms with Gasteiger partial charge in [-0.05, 0) is 25.5 Å². The standard InChI is InChI=1S/C18H23N5O3/c1-4-15(23-8-6-7-20-23)16(24)19-10-12-9-13-14(21-17(12)26-3)11-22(5-2)18(13)25/h6-9,15H,4-5,10-11H2,1-3H3,(H,19,24)/t15-/m1/s1. The Balaban J connectivity index is 1.77. The molecule has 0 saturated carbocycles. The van der Waals surface area contributed by atoms with E-state index in [0.717, 1.165) is 0 Å². The van der Waals surface area contributed by atoms with Gasteiger partial charge in [-0.1, -0.05) is 6.92 Å². The number of carbonyl (C=O) groups excluding carboxylic acids is 2. The lowest BCUT2D eigenvalue weighted by Gasteiger charge is -2.16. The van der Waals surface area contributed by atoms with Crippen LogP contribution in [0.15, 0.2) is 24.5 Å². The Labute approximate surface area is 152 Å². The molecule has 8 heteroatoms. The number of ether oxygens (including phenoxy) is 1. The highest BCUT2D eigenvalue weighted by Gasteiger charge is 2.29. The molecular weight excluding hydrogens is 334 g/mol. The monoisotopic (exact) mass is 357 g/mol. The summed E-state index contributed by atoms with van der Waals surface area (Å²) in [6.45, 7) is 5.22. The summed E-state index contributed by atoms with van der Waals surface area (Å²) in [5.74, 6) is 0.260. The van der Waals surface area contributed by atoms with Crippen molar-refractivity contribution in [2.24, 2.45) is 0 Å². The second kappa shape index (κ2) is 7.55. The highest BCUT2D eigenvalue weighted by atomic mass is 16.5. The number of rotatable bonds is 7. The molecule has 1 aliphatic rings. The number of hydrogen-bond donors (Lipinski definition) is 1. The van der Waals surface area contributed by atoms with Gasteiger partial charge in [-0.25, -0.2) is 4.98 Å². The molecule has 1 atom stereocenters. The van der Waals surface area contributed by atoms with Gasteiger partial charge in [0.2, 0.25) is 11.8 Å². The first kappa shape index (κ1) is 17.9. The molecular formula is C18H23N5O3. The van der Waals surface area contributed by atoms with Crippen LogP contribution >= 0.6 is 0 Å². The predicted octanol–water partition coefficient (Wildman–Crippen LogP) is 1.53. The zero-order valence-electron chi connectivity index (χ0n) is 15.2. The first-order chi connectivity index (χ1) is 12.6. The van der Waals surface area contributed by atoms with Gasteiger partial charge < -0.3 is 15.0 Å². The molecule has 0 bridgehead atoms. The van der Waals surface area contributed by atoms with Crippen molar-refractivity contribution in [2.75, 3.05) is 13.7 Å². The molecule has 0 spiro atoms. The first-order valence-corrected chi connectivity index (χ1v) is 8.71. The number of methoxy groups -OCH3 is 1. The van der Waals surface area contributed by atoms with Gasteiger partial charge in [-0.15, -0.1) is 0 Å². The van der Waals surface area contributed by atoms with Gasteiger partial charge in [0.15, 0.2) is 0 Å². The number of carbonyl (C=O) groups is 2. The Hall–Kier alpha value is -2.90. The molecule has 2 amide bonds. The second-order valence-corrected chi connectivity index (χ2v) is 6.10. The summed E-state index contributed by atoms with van der Waals surface area (Å²) in [4.78, 5) is 31.1. The number of amides is 2. The van der Waals surface area contributed by atoms with Crippen molar-refractivity contribution in [1.82, 2.24) is 25.0 Å². The molecule has 1 N–H and O–H groups in total. The van der Waals surface area contributed by atoms with Crippen molar-refractivity contribution < 1.29 is 14.3 Å². The molecule has 3 rings (SSSR count). The van der Waals surface area contributed by atoms with Crippen molar-refractivity contribution in [3.63, 3.8) is 0 Å². The molecule has 0 aliphatic carbocycles. The third-order valence-electron chi connectivity index (χ3n) is 4.56.